The Morgan fingerprint density at radius 1 is 1.04 bits per heavy atom. The number of carbonyl (C=O) groups is 3. The molecule has 1 fully saturated rings. The van der Waals surface area contributed by atoms with E-state index in [0.29, 0.717) is 36.0 Å². The minimum absolute atomic E-state index is 0.0952. The summed E-state index contributed by atoms with van der Waals surface area (Å²) in [6, 6.07) is 16.2. The van der Waals surface area contributed by atoms with Crippen molar-refractivity contribution in [2.45, 2.75) is 31.6 Å². The molecule has 4 nitrogen and oxygen atoms in total. The predicted molar refractivity (Wildman–Crippen MR) is 98.0 cm³/mol. The third-order valence-electron chi connectivity index (χ3n) is 5.43. The van der Waals surface area contributed by atoms with Gasteiger partial charge in [0.1, 0.15) is 5.78 Å². The standard InChI is InChI=1S/C22H22O4/c1-22(21(25)26-2,18-11-12-19(23)14-18)17-10-6-9-16(13-17)20(24)15-7-4-3-5-8-15/h3-10,13,18H,11-12,14H2,1-2H3. The van der Waals surface area contributed by atoms with Gasteiger partial charge < -0.3 is 4.74 Å². The quantitative estimate of drug-likeness (QED) is 0.609. The van der Waals surface area contributed by atoms with Crippen LogP contribution in [0.3, 0.4) is 0 Å². The van der Waals surface area contributed by atoms with Crippen LogP contribution in [-0.4, -0.2) is 24.6 Å². The van der Waals surface area contributed by atoms with E-state index in [0.717, 1.165) is 0 Å². The summed E-state index contributed by atoms with van der Waals surface area (Å²) >= 11 is 0. The van der Waals surface area contributed by atoms with Crippen LogP contribution in [0.25, 0.3) is 0 Å². The molecule has 3 rings (SSSR count). The molecule has 2 aromatic rings. The molecule has 0 radical (unpaired) electrons. The van der Waals surface area contributed by atoms with E-state index < -0.39 is 5.41 Å². The molecular weight excluding hydrogens is 328 g/mol. The number of hydrogen-bond acceptors (Lipinski definition) is 4. The summed E-state index contributed by atoms with van der Waals surface area (Å²) in [5, 5.41) is 0. The van der Waals surface area contributed by atoms with Crippen LogP contribution in [0.2, 0.25) is 0 Å². The monoisotopic (exact) mass is 350 g/mol. The molecule has 0 aliphatic heterocycles. The Morgan fingerprint density at radius 2 is 1.73 bits per heavy atom. The lowest BCUT2D eigenvalue weighted by molar-refractivity contribution is -0.149. The minimum atomic E-state index is -0.951. The predicted octanol–water partition coefficient (Wildman–Crippen LogP) is 3.72. The number of esters is 1. The largest absolute Gasteiger partial charge is 0.468 e. The Morgan fingerprint density at radius 3 is 2.35 bits per heavy atom. The van der Waals surface area contributed by atoms with Gasteiger partial charge in [-0.1, -0.05) is 48.5 Å². The zero-order valence-corrected chi connectivity index (χ0v) is 15.0. The van der Waals surface area contributed by atoms with Crippen molar-refractivity contribution >= 4 is 17.5 Å². The highest BCUT2D eigenvalue weighted by molar-refractivity contribution is 6.09. The number of ketones is 2. The molecule has 0 saturated heterocycles. The van der Waals surface area contributed by atoms with E-state index >= 15 is 0 Å². The normalized spacial score (nSPS) is 19.0. The molecule has 1 aliphatic rings. The van der Waals surface area contributed by atoms with Crippen LogP contribution in [0.5, 0.6) is 0 Å². The van der Waals surface area contributed by atoms with Gasteiger partial charge in [0.25, 0.3) is 0 Å². The molecule has 134 valence electrons. The topological polar surface area (TPSA) is 60.4 Å². The van der Waals surface area contributed by atoms with Crippen LogP contribution in [-0.2, 0) is 19.7 Å². The Hall–Kier alpha value is -2.75. The molecule has 4 heteroatoms. The Balaban J connectivity index is 2.02. The van der Waals surface area contributed by atoms with Gasteiger partial charge in [-0.3, -0.25) is 14.4 Å². The van der Waals surface area contributed by atoms with Gasteiger partial charge in [0.05, 0.1) is 12.5 Å². The second-order valence-electron chi connectivity index (χ2n) is 6.95. The molecule has 0 N–H and O–H groups in total. The van der Waals surface area contributed by atoms with Crippen molar-refractivity contribution in [1.29, 1.82) is 0 Å². The van der Waals surface area contributed by atoms with E-state index in [4.69, 9.17) is 4.74 Å². The van der Waals surface area contributed by atoms with Gasteiger partial charge in [-0.05, 0) is 30.9 Å². The van der Waals surface area contributed by atoms with Gasteiger partial charge >= 0.3 is 5.97 Å². The SMILES string of the molecule is COC(=O)C(C)(c1cccc(C(=O)c2ccccc2)c1)C1CCC(=O)C1. The van der Waals surface area contributed by atoms with E-state index in [1.54, 1.807) is 30.3 Å². The maximum atomic E-state index is 12.8. The molecule has 0 amide bonds. The van der Waals surface area contributed by atoms with E-state index in [1.165, 1.54) is 7.11 Å². The van der Waals surface area contributed by atoms with Crippen molar-refractivity contribution in [2.24, 2.45) is 5.92 Å². The Labute approximate surface area is 153 Å². The molecule has 2 unspecified atom stereocenters. The number of carbonyl (C=O) groups excluding carboxylic acids is 3. The zero-order chi connectivity index (χ0) is 18.7. The Kier molecular flexibility index (Phi) is 5.03. The van der Waals surface area contributed by atoms with Crippen molar-refractivity contribution in [2.75, 3.05) is 7.11 Å². The average molecular weight is 350 g/mol. The van der Waals surface area contributed by atoms with E-state index in [1.807, 2.05) is 31.2 Å². The summed E-state index contributed by atoms with van der Waals surface area (Å²) < 4.78 is 5.07. The highest BCUT2D eigenvalue weighted by Crippen LogP contribution is 2.42. The van der Waals surface area contributed by atoms with Crippen molar-refractivity contribution in [3.8, 4) is 0 Å². The number of Topliss-reactive ketones (excluding diaryl/α,β-unsaturated/α-hetero) is 1. The summed E-state index contributed by atoms with van der Waals surface area (Å²) in [7, 11) is 1.36. The summed E-state index contributed by atoms with van der Waals surface area (Å²) in [6.07, 6.45) is 1.50. The van der Waals surface area contributed by atoms with Gasteiger partial charge in [-0.2, -0.15) is 0 Å². The lowest BCUT2D eigenvalue weighted by atomic mass is 9.70. The first-order valence-electron chi connectivity index (χ1n) is 8.77. The van der Waals surface area contributed by atoms with Crippen molar-refractivity contribution in [3.63, 3.8) is 0 Å². The first-order valence-corrected chi connectivity index (χ1v) is 8.77. The van der Waals surface area contributed by atoms with Gasteiger partial charge in [0, 0.05) is 24.0 Å². The number of benzene rings is 2. The van der Waals surface area contributed by atoms with E-state index in [-0.39, 0.29) is 23.5 Å². The van der Waals surface area contributed by atoms with Crippen molar-refractivity contribution < 1.29 is 19.1 Å². The van der Waals surface area contributed by atoms with Crippen LogP contribution in [0.15, 0.2) is 54.6 Å². The number of hydrogen-bond donors (Lipinski definition) is 0. The fraction of sp³-hybridized carbons (Fsp3) is 0.318. The number of methoxy groups -OCH3 is 1. The maximum Gasteiger partial charge on any atom is 0.316 e. The molecular formula is C22H22O4. The molecule has 2 aromatic carbocycles. The Bertz CT molecular complexity index is 840. The fourth-order valence-electron chi connectivity index (χ4n) is 3.78. The van der Waals surface area contributed by atoms with Crippen molar-refractivity contribution in [3.05, 3.63) is 71.3 Å². The summed E-state index contributed by atoms with van der Waals surface area (Å²) in [4.78, 5) is 37.2. The third-order valence-corrected chi connectivity index (χ3v) is 5.43. The lowest BCUT2D eigenvalue weighted by Crippen LogP contribution is -2.40. The molecule has 1 saturated carbocycles. The molecule has 0 heterocycles. The molecule has 26 heavy (non-hydrogen) atoms. The second-order valence-corrected chi connectivity index (χ2v) is 6.95. The molecule has 1 aliphatic carbocycles. The molecule has 0 bridgehead atoms. The number of ether oxygens (including phenoxy) is 1. The molecule has 0 spiro atoms. The summed E-state index contributed by atoms with van der Waals surface area (Å²) in [5.74, 6) is -0.421. The fourth-order valence-corrected chi connectivity index (χ4v) is 3.78. The molecule has 2 atom stereocenters. The highest BCUT2D eigenvalue weighted by Gasteiger charge is 2.46. The minimum Gasteiger partial charge on any atom is -0.468 e. The van der Waals surface area contributed by atoms with Crippen LogP contribution in [0, 0.1) is 5.92 Å². The first kappa shape index (κ1) is 18.1. The number of rotatable bonds is 5. The van der Waals surface area contributed by atoms with Crippen LogP contribution < -0.4 is 0 Å². The van der Waals surface area contributed by atoms with E-state index in [9.17, 15) is 14.4 Å². The average Bonchev–Trinajstić information content (AvgIpc) is 3.13. The third kappa shape index (κ3) is 3.19. The van der Waals surface area contributed by atoms with Crippen LogP contribution in [0.1, 0.15) is 47.7 Å². The van der Waals surface area contributed by atoms with Crippen LogP contribution in [0.4, 0.5) is 0 Å². The van der Waals surface area contributed by atoms with Crippen LogP contribution >= 0.6 is 0 Å². The van der Waals surface area contributed by atoms with E-state index in [2.05, 4.69) is 0 Å². The zero-order valence-electron chi connectivity index (χ0n) is 15.0. The van der Waals surface area contributed by atoms with Gasteiger partial charge in [-0.25, -0.2) is 0 Å². The smallest absolute Gasteiger partial charge is 0.316 e. The highest BCUT2D eigenvalue weighted by atomic mass is 16.5. The summed E-state index contributed by atoms with van der Waals surface area (Å²) in [5.41, 5.74) is 0.882. The van der Waals surface area contributed by atoms with Gasteiger partial charge in [-0.15, -0.1) is 0 Å². The maximum absolute atomic E-state index is 12.8. The first-order chi connectivity index (χ1) is 12.5. The molecule has 0 aromatic heterocycles. The van der Waals surface area contributed by atoms with Gasteiger partial charge in [0.15, 0.2) is 5.78 Å². The van der Waals surface area contributed by atoms with Crippen molar-refractivity contribution in [1.82, 2.24) is 0 Å². The second kappa shape index (κ2) is 7.24. The summed E-state index contributed by atoms with van der Waals surface area (Å²) in [6.45, 7) is 1.81. The van der Waals surface area contributed by atoms with Gasteiger partial charge in [0.2, 0.25) is 0 Å². The lowest BCUT2D eigenvalue weighted by Gasteiger charge is -2.33.